The third-order valence-corrected chi connectivity index (χ3v) is 3.46. The van der Waals surface area contributed by atoms with Crippen molar-refractivity contribution in [3.63, 3.8) is 0 Å². The molecule has 18 heavy (non-hydrogen) atoms. The molecule has 0 aliphatic heterocycles. The Bertz CT molecular complexity index is 551. The lowest BCUT2D eigenvalue weighted by molar-refractivity contribution is 0.102. The van der Waals surface area contributed by atoms with E-state index in [0.717, 1.165) is 29.3 Å². The average molecular weight is 261 g/mol. The third kappa shape index (κ3) is 2.73. The van der Waals surface area contributed by atoms with Gasteiger partial charge in [0.05, 0.1) is 5.69 Å². The van der Waals surface area contributed by atoms with Crippen molar-refractivity contribution in [2.75, 3.05) is 5.32 Å². The van der Waals surface area contributed by atoms with Crippen LogP contribution in [0.4, 0.5) is 5.69 Å². The van der Waals surface area contributed by atoms with Crippen molar-refractivity contribution >= 4 is 23.1 Å². The van der Waals surface area contributed by atoms with Gasteiger partial charge in [0.25, 0.3) is 5.91 Å². The van der Waals surface area contributed by atoms with Crippen LogP contribution in [-0.4, -0.2) is 15.5 Å². The van der Waals surface area contributed by atoms with Crippen molar-refractivity contribution in [1.29, 1.82) is 0 Å². The van der Waals surface area contributed by atoms with Crippen LogP contribution in [0.25, 0.3) is 0 Å². The second-order valence-corrected chi connectivity index (χ2v) is 4.66. The van der Waals surface area contributed by atoms with Gasteiger partial charge in [0.1, 0.15) is 4.88 Å². The molecule has 0 radical (unpaired) electrons. The van der Waals surface area contributed by atoms with Crippen LogP contribution in [0.3, 0.4) is 0 Å². The summed E-state index contributed by atoms with van der Waals surface area (Å²) in [7, 11) is 0. The van der Waals surface area contributed by atoms with Crippen molar-refractivity contribution in [1.82, 2.24) is 9.59 Å². The van der Waals surface area contributed by atoms with Crippen LogP contribution in [0.2, 0.25) is 0 Å². The molecule has 2 aromatic rings. The van der Waals surface area contributed by atoms with Gasteiger partial charge in [-0.15, -0.1) is 5.10 Å². The first-order valence-electron chi connectivity index (χ1n) is 5.96. The number of benzene rings is 1. The Morgan fingerprint density at radius 3 is 2.89 bits per heavy atom. The number of carbonyl (C=O) groups is 1. The van der Waals surface area contributed by atoms with Crippen molar-refractivity contribution < 1.29 is 4.79 Å². The summed E-state index contributed by atoms with van der Waals surface area (Å²) in [6.45, 7) is 4.05. The summed E-state index contributed by atoms with van der Waals surface area (Å²) in [5.41, 5.74) is 2.77. The fourth-order valence-electron chi connectivity index (χ4n) is 1.67. The fraction of sp³-hybridized carbons (Fsp3) is 0.308. The number of hydrogen-bond acceptors (Lipinski definition) is 4. The topological polar surface area (TPSA) is 54.9 Å². The van der Waals surface area contributed by atoms with E-state index in [2.05, 4.69) is 21.8 Å². The summed E-state index contributed by atoms with van der Waals surface area (Å²) in [5.74, 6) is -0.130. The van der Waals surface area contributed by atoms with E-state index in [0.29, 0.717) is 11.3 Å². The predicted molar refractivity (Wildman–Crippen MR) is 73.1 cm³/mol. The van der Waals surface area contributed by atoms with E-state index < -0.39 is 0 Å². The van der Waals surface area contributed by atoms with Gasteiger partial charge in [-0.05, 0) is 42.1 Å². The van der Waals surface area contributed by atoms with Crippen LogP contribution in [-0.2, 0) is 12.8 Å². The maximum absolute atomic E-state index is 12.1. The van der Waals surface area contributed by atoms with E-state index in [4.69, 9.17) is 0 Å². The standard InChI is InChI=1S/C13H15N3OS/c1-3-9-6-5-7-10(8-9)14-13(17)12-11(4-2)15-16-18-12/h5-8H,3-4H2,1-2H3,(H,14,17). The number of nitrogens with zero attached hydrogens (tertiary/aromatic N) is 2. The van der Waals surface area contributed by atoms with Crippen LogP contribution < -0.4 is 5.32 Å². The van der Waals surface area contributed by atoms with Crippen molar-refractivity contribution in [2.45, 2.75) is 26.7 Å². The zero-order valence-corrected chi connectivity index (χ0v) is 11.3. The summed E-state index contributed by atoms with van der Waals surface area (Å²) < 4.78 is 3.82. The molecular weight excluding hydrogens is 246 g/mol. The molecule has 0 saturated heterocycles. The highest BCUT2D eigenvalue weighted by Gasteiger charge is 2.14. The Balaban J connectivity index is 2.16. The van der Waals surface area contributed by atoms with Gasteiger partial charge in [-0.25, -0.2) is 0 Å². The highest BCUT2D eigenvalue weighted by molar-refractivity contribution is 7.08. The average Bonchev–Trinajstić information content (AvgIpc) is 2.87. The minimum absolute atomic E-state index is 0.130. The normalized spacial score (nSPS) is 10.3. The number of carbonyl (C=O) groups excluding carboxylic acids is 1. The molecule has 0 bridgehead atoms. The molecule has 1 amide bonds. The number of amides is 1. The fourth-order valence-corrected chi connectivity index (χ4v) is 2.31. The smallest absolute Gasteiger partial charge is 0.269 e. The molecule has 4 nitrogen and oxygen atoms in total. The Hall–Kier alpha value is -1.75. The number of rotatable bonds is 4. The molecule has 2 rings (SSSR count). The highest BCUT2D eigenvalue weighted by Crippen LogP contribution is 2.16. The van der Waals surface area contributed by atoms with E-state index >= 15 is 0 Å². The molecule has 94 valence electrons. The molecule has 5 heteroatoms. The van der Waals surface area contributed by atoms with E-state index in [1.165, 1.54) is 5.56 Å². The predicted octanol–water partition coefficient (Wildman–Crippen LogP) is 2.92. The number of nitrogens with one attached hydrogen (secondary N) is 1. The maximum Gasteiger partial charge on any atom is 0.269 e. The molecule has 0 saturated carbocycles. The Labute approximate surface area is 110 Å². The zero-order chi connectivity index (χ0) is 13.0. The van der Waals surface area contributed by atoms with Gasteiger partial charge < -0.3 is 5.32 Å². The lowest BCUT2D eigenvalue weighted by atomic mass is 10.1. The van der Waals surface area contributed by atoms with Crippen LogP contribution in [0.15, 0.2) is 24.3 Å². The first-order chi connectivity index (χ1) is 8.74. The SMILES string of the molecule is CCc1cccc(NC(=O)c2snnc2CC)c1. The van der Waals surface area contributed by atoms with Gasteiger partial charge >= 0.3 is 0 Å². The molecule has 0 fully saturated rings. The Kier molecular flexibility index (Phi) is 4.04. The lowest BCUT2D eigenvalue weighted by Gasteiger charge is -2.05. The van der Waals surface area contributed by atoms with Crippen LogP contribution >= 0.6 is 11.5 Å². The first-order valence-corrected chi connectivity index (χ1v) is 6.73. The van der Waals surface area contributed by atoms with E-state index in [9.17, 15) is 4.79 Å². The van der Waals surface area contributed by atoms with Crippen molar-refractivity contribution in [3.05, 3.63) is 40.4 Å². The third-order valence-electron chi connectivity index (χ3n) is 2.69. The van der Waals surface area contributed by atoms with Crippen LogP contribution in [0.1, 0.15) is 34.8 Å². The molecule has 0 aliphatic carbocycles. The molecule has 1 aromatic carbocycles. The van der Waals surface area contributed by atoms with E-state index in [-0.39, 0.29) is 5.91 Å². The molecule has 0 spiro atoms. The molecule has 0 atom stereocenters. The molecule has 1 N–H and O–H groups in total. The molecular formula is C13H15N3OS. The van der Waals surface area contributed by atoms with Crippen molar-refractivity contribution in [3.8, 4) is 0 Å². The summed E-state index contributed by atoms with van der Waals surface area (Å²) in [6.07, 6.45) is 1.67. The number of anilines is 1. The molecule has 1 aromatic heterocycles. The van der Waals surface area contributed by atoms with Crippen molar-refractivity contribution in [2.24, 2.45) is 0 Å². The summed E-state index contributed by atoms with van der Waals surface area (Å²) in [5, 5.41) is 6.82. The largest absolute Gasteiger partial charge is 0.321 e. The van der Waals surface area contributed by atoms with Gasteiger partial charge in [-0.3, -0.25) is 4.79 Å². The van der Waals surface area contributed by atoms with Gasteiger partial charge in [0.2, 0.25) is 0 Å². The first kappa shape index (κ1) is 12.7. The number of aromatic nitrogens is 2. The summed E-state index contributed by atoms with van der Waals surface area (Å²) in [4.78, 5) is 12.7. The minimum Gasteiger partial charge on any atom is -0.321 e. The molecule has 0 aliphatic rings. The monoisotopic (exact) mass is 261 g/mol. The Morgan fingerprint density at radius 2 is 2.17 bits per heavy atom. The highest BCUT2D eigenvalue weighted by atomic mass is 32.1. The van der Waals surface area contributed by atoms with Crippen LogP contribution in [0.5, 0.6) is 0 Å². The van der Waals surface area contributed by atoms with Gasteiger partial charge in [-0.1, -0.05) is 30.5 Å². The molecule has 0 unspecified atom stereocenters. The number of aryl methyl sites for hydroxylation is 2. The van der Waals surface area contributed by atoms with Crippen LogP contribution in [0, 0.1) is 0 Å². The second kappa shape index (κ2) is 5.73. The van der Waals surface area contributed by atoms with E-state index in [1.807, 2.05) is 31.2 Å². The van der Waals surface area contributed by atoms with Gasteiger partial charge in [0.15, 0.2) is 0 Å². The summed E-state index contributed by atoms with van der Waals surface area (Å²) in [6, 6.07) is 7.86. The summed E-state index contributed by atoms with van der Waals surface area (Å²) >= 11 is 1.14. The molecule has 1 heterocycles. The quantitative estimate of drug-likeness (QED) is 0.920. The van der Waals surface area contributed by atoms with Gasteiger partial charge in [0, 0.05) is 5.69 Å². The lowest BCUT2D eigenvalue weighted by Crippen LogP contribution is -2.12. The second-order valence-electron chi connectivity index (χ2n) is 3.91. The van der Waals surface area contributed by atoms with Gasteiger partial charge in [-0.2, -0.15) is 0 Å². The maximum atomic E-state index is 12.1. The minimum atomic E-state index is -0.130. The Morgan fingerprint density at radius 1 is 1.33 bits per heavy atom. The van der Waals surface area contributed by atoms with E-state index in [1.54, 1.807) is 0 Å². The number of hydrogen-bond donors (Lipinski definition) is 1. The zero-order valence-electron chi connectivity index (χ0n) is 10.4.